The summed E-state index contributed by atoms with van der Waals surface area (Å²) in [5.74, 6) is -0.172. The zero-order chi connectivity index (χ0) is 12.9. The van der Waals surface area contributed by atoms with E-state index < -0.39 is 8.80 Å². The Morgan fingerprint density at radius 2 is 1.82 bits per heavy atom. The first-order chi connectivity index (χ1) is 8.06. The number of allylic oxidation sites excluding steroid dienone is 1. The molecule has 0 aromatic carbocycles. The number of H-pyrrole nitrogens is 1. The van der Waals surface area contributed by atoms with Crippen molar-refractivity contribution in [2.75, 3.05) is 21.3 Å². The first kappa shape index (κ1) is 13.8. The second-order valence-electron chi connectivity index (χ2n) is 3.36. The van der Waals surface area contributed by atoms with Crippen molar-refractivity contribution in [1.29, 1.82) is 0 Å². The van der Waals surface area contributed by atoms with Gasteiger partial charge in [-0.15, -0.1) is 0 Å². The van der Waals surface area contributed by atoms with Gasteiger partial charge in [0.05, 0.1) is 0 Å². The molecule has 0 fully saturated rings. The lowest BCUT2D eigenvalue weighted by Gasteiger charge is -2.22. The fourth-order valence-corrected chi connectivity index (χ4v) is 2.81. The van der Waals surface area contributed by atoms with Gasteiger partial charge in [0.15, 0.2) is 11.8 Å². The number of aromatic hydroxyl groups is 2. The number of hydrogen-bond donors (Lipinski definition) is 3. The van der Waals surface area contributed by atoms with Crippen LogP contribution in [0.5, 0.6) is 11.8 Å². The smallest absolute Gasteiger partial charge is 0.494 e. The molecule has 96 valence electrons. The number of aromatic nitrogens is 1. The van der Waals surface area contributed by atoms with Gasteiger partial charge in [0.2, 0.25) is 0 Å². The molecule has 0 saturated heterocycles. The average molecular weight is 259 g/mol. The monoisotopic (exact) mass is 259 g/mol. The molecule has 0 radical (unpaired) electrons. The van der Waals surface area contributed by atoms with Gasteiger partial charge in [-0.05, 0) is 0 Å². The highest BCUT2D eigenvalue weighted by Gasteiger charge is 2.36. The van der Waals surface area contributed by atoms with Gasteiger partial charge in [-0.3, -0.25) is 4.98 Å². The maximum atomic E-state index is 9.38. The van der Waals surface area contributed by atoms with Crippen LogP contribution in [0.25, 0.3) is 6.08 Å². The Balaban J connectivity index is 2.69. The topological polar surface area (TPSA) is 83.9 Å². The Morgan fingerprint density at radius 1 is 1.24 bits per heavy atom. The summed E-state index contributed by atoms with van der Waals surface area (Å²) in [6.07, 6.45) is 3.43. The quantitative estimate of drug-likeness (QED) is 0.671. The van der Waals surface area contributed by atoms with E-state index in [0.29, 0.717) is 11.6 Å². The molecule has 0 saturated carbocycles. The van der Waals surface area contributed by atoms with Crippen LogP contribution in [-0.2, 0) is 13.3 Å². The highest BCUT2D eigenvalue weighted by Crippen LogP contribution is 2.23. The van der Waals surface area contributed by atoms with Crippen molar-refractivity contribution in [3.63, 3.8) is 0 Å². The number of hydrogen-bond acceptors (Lipinski definition) is 5. The molecule has 3 N–H and O–H groups in total. The Hall–Kier alpha value is -1.28. The SMILES string of the molecule is CO[Si](CC=Cc1cc(O)[nH]c1O)(OC)OC. The molecule has 0 unspecified atom stereocenters. The van der Waals surface area contributed by atoms with Crippen molar-refractivity contribution in [1.82, 2.24) is 4.98 Å². The van der Waals surface area contributed by atoms with Crippen molar-refractivity contribution < 1.29 is 23.5 Å². The first-order valence-electron chi connectivity index (χ1n) is 5.00. The standard InChI is InChI=1S/C10H17NO5Si/c1-14-17(15-2,16-3)6-4-5-8-7-9(12)11-10(8)13/h4-5,7,11-13H,6H2,1-3H3. The maximum absolute atomic E-state index is 9.38. The Morgan fingerprint density at radius 3 is 2.24 bits per heavy atom. The fraction of sp³-hybridized carbons (Fsp3) is 0.400. The van der Waals surface area contributed by atoms with Gasteiger partial charge >= 0.3 is 8.80 Å². The van der Waals surface area contributed by atoms with Crippen LogP contribution in [0.2, 0.25) is 6.04 Å². The molecular formula is C10H17NO5Si. The van der Waals surface area contributed by atoms with E-state index in [2.05, 4.69) is 4.98 Å². The molecule has 1 rings (SSSR count). The predicted octanol–water partition coefficient (Wildman–Crippen LogP) is 1.32. The summed E-state index contributed by atoms with van der Waals surface area (Å²) in [5, 5.41) is 18.5. The van der Waals surface area contributed by atoms with Gasteiger partial charge in [-0.25, -0.2) is 0 Å². The summed E-state index contributed by atoms with van der Waals surface area (Å²) >= 11 is 0. The predicted molar refractivity (Wildman–Crippen MR) is 64.7 cm³/mol. The van der Waals surface area contributed by atoms with Crippen LogP contribution in [0, 0.1) is 0 Å². The molecular weight excluding hydrogens is 242 g/mol. The zero-order valence-electron chi connectivity index (χ0n) is 10.1. The van der Waals surface area contributed by atoms with Gasteiger partial charge in [0.1, 0.15) is 0 Å². The van der Waals surface area contributed by atoms with E-state index in [1.807, 2.05) is 0 Å². The summed E-state index contributed by atoms with van der Waals surface area (Å²) in [6.45, 7) is 0. The Bertz CT molecular complexity index is 378. The van der Waals surface area contributed by atoms with Gasteiger partial charge in [-0.1, -0.05) is 12.2 Å². The molecule has 0 aliphatic rings. The molecule has 17 heavy (non-hydrogen) atoms. The van der Waals surface area contributed by atoms with Crippen LogP contribution in [0.3, 0.4) is 0 Å². The van der Waals surface area contributed by atoms with Crippen LogP contribution in [-0.4, -0.2) is 45.3 Å². The van der Waals surface area contributed by atoms with E-state index in [-0.39, 0.29) is 11.8 Å². The van der Waals surface area contributed by atoms with Gasteiger partial charge in [-0.2, -0.15) is 0 Å². The molecule has 7 heteroatoms. The summed E-state index contributed by atoms with van der Waals surface area (Å²) in [4.78, 5) is 2.37. The Labute approximate surface area is 101 Å². The number of rotatable bonds is 6. The largest absolute Gasteiger partial charge is 0.504 e. The maximum Gasteiger partial charge on any atom is 0.504 e. The van der Waals surface area contributed by atoms with E-state index in [1.54, 1.807) is 12.2 Å². The normalized spacial score (nSPS) is 12.4. The fourth-order valence-electron chi connectivity index (χ4n) is 1.40. The molecule has 0 spiro atoms. The lowest BCUT2D eigenvalue weighted by molar-refractivity contribution is 0.127. The summed E-state index contributed by atoms with van der Waals surface area (Å²) in [6, 6.07) is 1.89. The molecule has 0 aliphatic carbocycles. The van der Waals surface area contributed by atoms with Crippen molar-refractivity contribution in [3.8, 4) is 11.8 Å². The second-order valence-corrected chi connectivity index (χ2v) is 6.36. The third kappa shape index (κ3) is 3.33. The van der Waals surface area contributed by atoms with Crippen LogP contribution >= 0.6 is 0 Å². The second kappa shape index (κ2) is 5.87. The van der Waals surface area contributed by atoms with Gasteiger partial charge in [0, 0.05) is 39.0 Å². The van der Waals surface area contributed by atoms with Crippen molar-refractivity contribution in [2.24, 2.45) is 0 Å². The van der Waals surface area contributed by atoms with E-state index in [4.69, 9.17) is 18.4 Å². The van der Waals surface area contributed by atoms with E-state index in [1.165, 1.54) is 27.4 Å². The third-order valence-electron chi connectivity index (χ3n) is 2.41. The first-order valence-corrected chi connectivity index (χ1v) is 6.93. The molecule has 0 aliphatic heterocycles. The summed E-state index contributed by atoms with van der Waals surface area (Å²) < 4.78 is 15.7. The molecule has 0 atom stereocenters. The summed E-state index contributed by atoms with van der Waals surface area (Å²) in [5.41, 5.74) is 0.494. The molecule has 0 bridgehead atoms. The highest BCUT2D eigenvalue weighted by molar-refractivity contribution is 6.61. The minimum atomic E-state index is -2.62. The van der Waals surface area contributed by atoms with E-state index in [0.717, 1.165) is 0 Å². The van der Waals surface area contributed by atoms with Gasteiger partial charge < -0.3 is 23.5 Å². The van der Waals surface area contributed by atoms with Crippen LogP contribution in [0.15, 0.2) is 12.1 Å². The Kier molecular flexibility index (Phi) is 4.76. The zero-order valence-corrected chi connectivity index (χ0v) is 11.1. The van der Waals surface area contributed by atoms with Crippen LogP contribution in [0.4, 0.5) is 0 Å². The van der Waals surface area contributed by atoms with Crippen molar-refractivity contribution >= 4 is 14.9 Å². The van der Waals surface area contributed by atoms with Gasteiger partial charge in [0.25, 0.3) is 0 Å². The highest BCUT2D eigenvalue weighted by atomic mass is 28.4. The average Bonchev–Trinajstić information content (AvgIpc) is 2.64. The molecule has 0 amide bonds. The molecule has 1 aromatic rings. The van der Waals surface area contributed by atoms with Crippen molar-refractivity contribution in [2.45, 2.75) is 6.04 Å². The van der Waals surface area contributed by atoms with E-state index in [9.17, 15) is 5.11 Å². The molecule has 1 heterocycles. The number of nitrogens with one attached hydrogen (secondary N) is 1. The molecule has 1 aromatic heterocycles. The lowest BCUT2D eigenvalue weighted by Crippen LogP contribution is -2.42. The minimum absolute atomic E-state index is 0.0849. The van der Waals surface area contributed by atoms with E-state index >= 15 is 0 Å². The minimum Gasteiger partial charge on any atom is -0.494 e. The third-order valence-corrected chi connectivity index (χ3v) is 5.01. The van der Waals surface area contributed by atoms with Crippen LogP contribution in [0.1, 0.15) is 5.56 Å². The summed E-state index contributed by atoms with van der Waals surface area (Å²) in [7, 11) is 1.98. The van der Waals surface area contributed by atoms with Crippen LogP contribution < -0.4 is 0 Å². The number of aromatic amines is 1. The lowest BCUT2D eigenvalue weighted by atomic mass is 10.3. The molecule has 6 nitrogen and oxygen atoms in total. The van der Waals surface area contributed by atoms with Crippen molar-refractivity contribution in [3.05, 3.63) is 17.7 Å².